The Morgan fingerprint density at radius 1 is 1.10 bits per heavy atom. The van der Waals surface area contributed by atoms with Gasteiger partial charge in [-0.3, -0.25) is 9.59 Å². The van der Waals surface area contributed by atoms with Crippen molar-refractivity contribution in [2.45, 2.75) is 12.8 Å². The second-order valence-electron chi connectivity index (χ2n) is 4.65. The van der Waals surface area contributed by atoms with Gasteiger partial charge in [0.1, 0.15) is 6.61 Å². The first-order valence-electron chi connectivity index (χ1n) is 6.80. The fraction of sp³-hybridized carbons (Fsp3) is 0.846. The zero-order valence-electron chi connectivity index (χ0n) is 11.9. The Morgan fingerprint density at radius 3 is 2.30 bits per heavy atom. The van der Waals surface area contributed by atoms with E-state index in [4.69, 9.17) is 19.3 Å². The second kappa shape index (κ2) is 9.68. The van der Waals surface area contributed by atoms with E-state index < -0.39 is 5.97 Å². The number of aliphatic carboxylic acids is 1. The van der Waals surface area contributed by atoms with Crippen LogP contribution in [0, 0.1) is 5.92 Å². The molecule has 0 aromatic carbocycles. The molecule has 1 heterocycles. The van der Waals surface area contributed by atoms with E-state index in [1.807, 2.05) is 0 Å². The van der Waals surface area contributed by atoms with Crippen molar-refractivity contribution in [1.29, 1.82) is 0 Å². The van der Waals surface area contributed by atoms with Gasteiger partial charge in [0.2, 0.25) is 5.91 Å². The molecule has 1 aliphatic rings. The molecular weight excluding hydrogens is 266 g/mol. The van der Waals surface area contributed by atoms with Gasteiger partial charge in [-0.05, 0) is 12.8 Å². The molecule has 1 rings (SSSR count). The van der Waals surface area contributed by atoms with Crippen LogP contribution in [0.25, 0.3) is 0 Å². The molecule has 0 saturated carbocycles. The SMILES string of the molecule is COCCOCCOCC(=O)N1CCC(C(=O)O)CC1. The molecule has 1 N–H and O–H groups in total. The van der Waals surface area contributed by atoms with Crippen LogP contribution < -0.4 is 0 Å². The minimum absolute atomic E-state index is 0.0192. The molecule has 7 heteroatoms. The number of rotatable bonds is 9. The zero-order chi connectivity index (χ0) is 14.8. The van der Waals surface area contributed by atoms with Gasteiger partial charge in [0.15, 0.2) is 0 Å². The highest BCUT2D eigenvalue weighted by Crippen LogP contribution is 2.17. The Morgan fingerprint density at radius 2 is 1.70 bits per heavy atom. The molecule has 116 valence electrons. The highest BCUT2D eigenvalue weighted by Gasteiger charge is 2.26. The van der Waals surface area contributed by atoms with Gasteiger partial charge in [0, 0.05) is 20.2 Å². The van der Waals surface area contributed by atoms with Crippen LogP contribution in [0.2, 0.25) is 0 Å². The average molecular weight is 289 g/mol. The summed E-state index contributed by atoms with van der Waals surface area (Å²) in [5.74, 6) is -1.19. The van der Waals surface area contributed by atoms with Crippen LogP contribution in [0.15, 0.2) is 0 Å². The lowest BCUT2D eigenvalue weighted by atomic mass is 9.97. The Balaban J connectivity index is 2.04. The van der Waals surface area contributed by atoms with Gasteiger partial charge in [0.25, 0.3) is 0 Å². The van der Waals surface area contributed by atoms with Crippen molar-refractivity contribution in [3.8, 4) is 0 Å². The third-order valence-corrected chi connectivity index (χ3v) is 3.23. The lowest BCUT2D eigenvalue weighted by molar-refractivity contribution is -0.147. The van der Waals surface area contributed by atoms with E-state index in [9.17, 15) is 9.59 Å². The summed E-state index contributed by atoms with van der Waals surface area (Å²) in [5, 5.41) is 8.87. The predicted molar refractivity (Wildman–Crippen MR) is 70.5 cm³/mol. The van der Waals surface area contributed by atoms with Crippen molar-refractivity contribution in [1.82, 2.24) is 4.90 Å². The number of carboxylic acids is 1. The molecule has 0 aromatic rings. The Labute approximate surface area is 118 Å². The molecule has 0 unspecified atom stereocenters. The van der Waals surface area contributed by atoms with Gasteiger partial charge >= 0.3 is 5.97 Å². The standard InChI is InChI=1S/C13H23NO6/c1-18-6-7-19-8-9-20-10-12(15)14-4-2-11(3-5-14)13(16)17/h11H,2-10H2,1H3,(H,16,17). The third kappa shape index (κ3) is 6.31. The maximum Gasteiger partial charge on any atom is 0.306 e. The Kier molecular flexibility index (Phi) is 8.17. The molecule has 1 aliphatic heterocycles. The van der Waals surface area contributed by atoms with Crippen LogP contribution in [0.4, 0.5) is 0 Å². The summed E-state index contributed by atoms with van der Waals surface area (Å²) >= 11 is 0. The number of ether oxygens (including phenoxy) is 3. The number of carbonyl (C=O) groups is 2. The maximum atomic E-state index is 11.8. The van der Waals surface area contributed by atoms with E-state index in [2.05, 4.69) is 0 Å². The molecule has 0 atom stereocenters. The van der Waals surface area contributed by atoms with Gasteiger partial charge < -0.3 is 24.2 Å². The van der Waals surface area contributed by atoms with Crippen LogP contribution in [0.1, 0.15) is 12.8 Å². The second-order valence-corrected chi connectivity index (χ2v) is 4.65. The van der Waals surface area contributed by atoms with Crippen molar-refractivity contribution in [3.63, 3.8) is 0 Å². The van der Waals surface area contributed by atoms with Gasteiger partial charge in [-0.25, -0.2) is 0 Å². The summed E-state index contributed by atoms with van der Waals surface area (Å²) in [4.78, 5) is 24.3. The molecule has 1 amide bonds. The Bertz CT molecular complexity index is 301. The normalized spacial score (nSPS) is 16.4. The first-order chi connectivity index (χ1) is 9.65. The molecule has 0 spiro atoms. The van der Waals surface area contributed by atoms with E-state index in [1.54, 1.807) is 12.0 Å². The van der Waals surface area contributed by atoms with E-state index in [0.29, 0.717) is 52.4 Å². The van der Waals surface area contributed by atoms with Crippen molar-refractivity contribution in [2.75, 3.05) is 53.2 Å². The molecule has 0 bridgehead atoms. The summed E-state index contributed by atoms with van der Waals surface area (Å²) < 4.78 is 15.3. The van der Waals surface area contributed by atoms with Crippen molar-refractivity contribution in [2.24, 2.45) is 5.92 Å². The number of carbonyl (C=O) groups excluding carboxylic acids is 1. The summed E-state index contributed by atoms with van der Waals surface area (Å²) in [6.07, 6.45) is 1.03. The molecule has 0 radical (unpaired) electrons. The van der Waals surface area contributed by atoms with Crippen molar-refractivity contribution >= 4 is 11.9 Å². The number of methoxy groups -OCH3 is 1. The lowest BCUT2D eigenvalue weighted by Gasteiger charge is -2.30. The molecular formula is C13H23NO6. The third-order valence-electron chi connectivity index (χ3n) is 3.23. The van der Waals surface area contributed by atoms with Crippen molar-refractivity contribution in [3.05, 3.63) is 0 Å². The van der Waals surface area contributed by atoms with Crippen molar-refractivity contribution < 1.29 is 28.9 Å². The van der Waals surface area contributed by atoms with E-state index in [1.165, 1.54) is 0 Å². The fourth-order valence-corrected chi connectivity index (χ4v) is 1.99. The predicted octanol–water partition coefficient (Wildman–Crippen LogP) is -0.0108. The smallest absolute Gasteiger partial charge is 0.306 e. The largest absolute Gasteiger partial charge is 0.481 e. The first-order valence-corrected chi connectivity index (χ1v) is 6.80. The van der Waals surface area contributed by atoms with Crippen LogP contribution in [-0.2, 0) is 23.8 Å². The van der Waals surface area contributed by atoms with Crippen LogP contribution in [0.5, 0.6) is 0 Å². The van der Waals surface area contributed by atoms with Crippen LogP contribution >= 0.6 is 0 Å². The number of carboxylic acid groups (broad SMARTS) is 1. The molecule has 0 aliphatic carbocycles. The van der Waals surface area contributed by atoms with E-state index in [-0.39, 0.29) is 18.4 Å². The quantitative estimate of drug-likeness (QED) is 0.601. The monoisotopic (exact) mass is 289 g/mol. The molecule has 1 fully saturated rings. The van der Waals surface area contributed by atoms with E-state index in [0.717, 1.165) is 0 Å². The highest BCUT2D eigenvalue weighted by molar-refractivity contribution is 5.78. The lowest BCUT2D eigenvalue weighted by Crippen LogP contribution is -2.42. The number of nitrogens with zero attached hydrogens (tertiary/aromatic N) is 1. The Hall–Kier alpha value is -1.18. The number of amides is 1. The van der Waals surface area contributed by atoms with Gasteiger partial charge in [-0.15, -0.1) is 0 Å². The van der Waals surface area contributed by atoms with Crippen LogP contribution in [0.3, 0.4) is 0 Å². The number of likely N-dealkylation sites (tertiary alicyclic amines) is 1. The summed E-state index contributed by atoms with van der Waals surface area (Å²) in [6.45, 7) is 2.84. The average Bonchev–Trinajstić information content (AvgIpc) is 2.46. The summed E-state index contributed by atoms with van der Waals surface area (Å²) in [6, 6.07) is 0. The number of hydrogen-bond donors (Lipinski definition) is 1. The highest BCUT2D eigenvalue weighted by atomic mass is 16.5. The number of piperidine rings is 1. The fourth-order valence-electron chi connectivity index (χ4n) is 1.99. The minimum Gasteiger partial charge on any atom is -0.481 e. The first kappa shape index (κ1) is 16.9. The van der Waals surface area contributed by atoms with Crippen LogP contribution in [-0.4, -0.2) is 75.1 Å². The van der Waals surface area contributed by atoms with Gasteiger partial charge in [-0.1, -0.05) is 0 Å². The molecule has 7 nitrogen and oxygen atoms in total. The molecule has 0 aromatic heterocycles. The summed E-state index contributed by atoms with van der Waals surface area (Å²) in [5.41, 5.74) is 0. The molecule has 20 heavy (non-hydrogen) atoms. The van der Waals surface area contributed by atoms with E-state index >= 15 is 0 Å². The topological polar surface area (TPSA) is 85.3 Å². The van der Waals surface area contributed by atoms with Gasteiger partial charge in [-0.2, -0.15) is 0 Å². The number of hydrogen-bond acceptors (Lipinski definition) is 5. The summed E-state index contributed by atoms with van der Waals surface area (Å²) in [7, 11) is 1.60. The maximum absolute atomic E-state index is 11.8. The molecule has 1 saturated heterocycles. The minimum atomic E-state index is -0.776. The zero-order valence-corrected chi connectivity index (χ0v) is 11.9. The van der Waals surface area contributed by atoms with Gasteiger partial charge in [0.05, 0.1) is 32.3 Å².